The van der Waals surface area contributed by atoms with Gasteiger partial charge in [0, 0.05) is 5.38 Å². The number of hydrogen-bond acceptors (Lipinski definition) is 3. The number of hydrogen-bond donors (Lipinski definition) is 1. The molecule has 0 saturated heterocycles. The van der Waals surface area contributed by atoms with E-state index in [1.807, 2.05) is 0 Å². The lowest BCUT2D eigenvalue weighted by molar-refractivity contribution is -0.136. The first kappa shape index (κ1) is 6.22. The summed E-state index contributed by atoms with van der Waals surface area (Å²) in [5.41, 5.74) is 0. The van der Waals surface area contributed by atoms with Crippen LogP contribution in [0.25, 0.3) is 0 Å². The zero-order chi connectivity index (χ0) is 6.69. The zero-order valence-electron chi connectivity index (χ0n) is 4.50. The van der Waals surface area contributed by atoms with Crippen LogP contribution in [0.4, 0.5) is 0 Å². The van der Waals surface area contributed by atoms with Crippen molar-refractivity contribution in [2.24, 2.45) is 0 Å². The van der Waals surface area contributed by atoms with E-state index in [-0.39, 0.29) is 6.42 Å². The Bertz CT molecular complexity index is 195. The maximum atomic E-state index is 10.0. The standard InChI is InChI=1S/C5H4NO2S/c7-5(8)3-4-6-1-2-9-4/h2H,3H2,(H,7,8). The van der Waals surface area contributed by atoms with Gasteiger partial charge in [0.15, 0.2) is 0 Å². The molecule has 47 valence electrons. The molecular weight excluding hydrogens is 138 g/mol. The molecule has 0 bridgehead atoms. The number of carbonyl (C=O) groups is 1. The van der Waals surface area contributed by atoms with E-state index in [0.29, 0.717) is 5.01 Å². The minimum absolute atomic E-state index is 0.00810. The summed E-state index contributed by atoms with van der Waals surface area (Å²) in [5.74, 6) is -0.849. The first-order valence-corrected chi connectivity index (χ1v) is 3.19. The largest absolute Gasteiger partial charge is 0.481 e. The first-order valence-electron chi connectivity index (χ1n) is 2.31. The van der Waals surface area contributed by atoms with Crippen molar-refractivity contribution < 1.29 is 9.90 Å². The van der Waals surface area contributed by atoms with Gasteiger partial charge >= 0.3 is 5.97 Å². The highest BCUT2D eigenvalue weighted by Gasteiger charge is 2.00. The molecule has 0 unspecified atom stereocenters. The van der Waals surface area contributed by atoms with Gasteiger partial charge in [0.2, 0.25) is 0 Å². The van der Waals surface area contributed by atoms with E-state index >= 15 is 0 Å². The van der Waals surface area contributed by atoms with Gasteiger partial charge in [0.05, 0.1) is 6.42 Å². The van der Waals surface area contributed by atoms with E-state index in [1.54, 1.807) is 5.38 Å². The molecule has 0 aromatic carbocycles. The highest BCUT2D eigenvalue weighted by atomic mass is 32.1. The fraction of sp³-hybridized carbons (Fsp3) is 0.200. The smallest absolute Gasteiger partial charge is 0.310 e. The van der Waals surface area contributed by atoms with Crippen LogP contribution in [0.15, 0.2) is 5.38 Å². The van der Waals surface area contributed by atoms with Crippen molar-refractivity contribution in [1.29, 1.82) is 0 Å². The zero-order valence-corrected chi connectivity index (χ0v) is 5.31. The van der Waals surface area contributed by atoms with Gasteiger partial charge in [-0.2, -0.15) is 0 Å². The quantitative estimate of drug-likeness (QED) is 0.656. The van der Waals surface area contributed by atoms with Crippen LogP contribution in [0.5, 0.6) is 0 Å². The molecular formula is C5H4NO2S. The number of carboxylic acid groups (broad SMARTS) is 1. The number of carboxylic acids is 1. The van der Waals surface area contributed by atoms with Crippen LogP contribution in [-0.2, 0) is 11.2 Å². The van der Waals surface area contributed by atoms with Crippen molar-refractivity contribution in [2.45, 2.75) is 6.42 Å². The monoisotopic (exact) mass is 142 g/mol. The van der Waals surface area contributed by atoms with E-state index in [4.69, 9.17) is 5.11 Å². The summed E-state index contributed by atoms with van der Waals surface area (Å²) >= 11 is 1.30. The molecule has 0 aliphatic heterocycles. The van der Waals surface area contributed by atoms with E-state index in [0.717, 1.165) is 0 Å². The van der Waals surface area contributed by atoms with Crippen molar-refractivity contribution >= 4 is 17.3 Å². The fourth-order valence-electron chi connectivity index (χ4n) is 0.430. The Balaban J connectivity index is 2.58. The van der Waals surface area contributed by atoms with Gasteiger partial charge in [0.1, 0.15) is 11.2 Å². The Morgan fingerprint density at radius 1 is 2.00 bits per heavy atom. The SMILES string of the molecule is O=C(O)Cc1n[c]cs1. The van der Waals surface area contributed by atoms with Crippen LogP contribution in [-0.4, -0.2) is 16.1 Å². The molecule has 0 amide bonds. The molecule has 0 fully saturated rings. The summed E-state index contributed by atoms with van der Waals surface area (Å²) in [4.78, 5) is 13.7. The number of aliphatic carboxylic acids is 1. The molecule has 1 heterocycles. The molecule has 0 saturated carbocycles. The second-order valence-corrected chi connectivity index (χ2v) is 2.38. The molecule has 1 aromatic heterocycles. The van der Waals surface area contributed by atoms with Crippen molar-refractivity contribution in [3.05, 3.63) is 16.6 Å². The fourth-order valence-corrected chi connectivity index (χ4v) is 0.983. The predicted octanol–water partition coefficient (Wildman–Crippen LogP) is 0.570. The third kappa shape index (κ3) is 1.81. The van der Waals surface area contributed by atoms with Crippen LogP contribution in [0, 0.1) is 6.20 Å². The Labute approximate surface area is 56.0 Å². The Kier molecular flexibility index (Phi) is 1.79. The summed E-state index contributed by atoms with van der Waals surface area (Å²) in [6.45, 7) is 0. The van der Waals surface area contributed by atoms with Crippen molar-refractivity contribution in [3.63, 3.8) is 0 Å². The van der Waals surface area contributed by atoms with E-state index in [2.05, 4.69) is 11.2 Å². The topological polar surface area (TPSA) is 50.2 Å². The average Bonchev–Trinajstić information content (AvgIpc) is 2.15. The number of thiazole rings is 1. The van der Waals surface area contributed by atoms with Gasteiger partial charge in [-0.15, -0.1) is 11.3 Å². The lowest BCUT2D eigenvalue weighted by Gasteiger charge is -1.83. The van der Waals surface area contributed by atoms with Gasteiger partial charge in [-0.25, -0.2) is 4.98 Å². The van der Waals surface area contributed by atoms with Crippen LogP contribution in [0.2, 0.25) is 0 Å². The highest BCUT2D eigenvalue weighted by molar-refractivity contribution is 7.09. The molecule has 9 heavy (non-hydrogen) atoms. The van der Waals surface area contributed by atoms with Crippen LogP contribution >= 0.6 is 11.3 Å². The lowest BCUT2D eigenvalue weighted by atomic mass is 10.5. The minimum atomic E-state index is -0.849. The van der Waals surface area contributed by atoms with Crippen LogP contribution < -0.4 is 0 Å². The third-order valence-corrected chi connectivity index (χ3v) is 1.47. The van der Waals surface area contributed by atoms with Gasteiger partial charge < -0.3 is 5.11 Å². The molecule has 1 N–H and O–H groups in total. The summed E-state index contributed by atoms with van der Waals surface area (Å²) in [7, 11) is 0. The van der Waals surface area contributed by atoms with Gasteiger partial charge in [-0.1, -0.05) is 0 Å². The first-order chi connectivity index (χ1) is 4.29. The van der Waals surface area contributed by atoms with Gasteiger partial charge in [-0.3, -0.25) is 4.79 Å². The summed E-state index contributed by atoms with van der Waals surface area (Å²) in [6.07, 6.45) is 2.55. The second-order valence-electron chi connectivity index (χ2n) is 1.44. The molecule has 0 atom stereocenters. The summed E-state index contributed by atoms with van der Waals surface area (Å²) in [6, 6.07) is 0. The summed E-state index contributed by atoms with van der Waals surface area (Å²) in [5, 5.41) is 10.5. The molecule has 1 aromatic rings. The van der Waals surface area contributed by atoms with E-state index in [1.165, 1.54) is 11.3 Å². The number of rotatable bonds is 2. The van der Waals surface area contributed by atoms with Crippen LogP contribution in [0.1, 0.15) is 5.01 Å². The molecule has 1 rings (SSSR count). The van der Waals surface area contributed by atoms with E-state index < -0.39 is 5.97 Å². The normalized spacial score (nSPS) is 9.33. The lowest BCUT2D eigenvalue weighted by Crippen LogP contribution is -1.98. The Morgan fingerprint density at radius 3 is 3.22 bits per heavy atom. The third-order valence-electron chi connectivity index (χ3n) is 0.739. The average molecular weight is 142 g/mol. The highest BCUT2D eigenvalue weighted by Crippen LogP contribution is 2.02. The number of aromatic nitrogens is 1. The van der Waals surface area contributed by atoms with E-state index in [9.17, 15) is 4.79 Å². The molecule has 3 nitrogen and oxygen atoms in total. The maximum absolute atomic E-state index is 10.0. The van der Waals surface area contributed by atoms with Crippen LogP contribution in [0.3, 0.4) is 0 Å². The molecule has 4 heteroatoms. The molecule has 1 radical (unpaired) electrons. The second kappa shape index (κ2) is 2.59. The molecule has 0 aliphatic rings. The summed E-state index contributed by atoms with van der Waals surface area (Å²) < 4.78 is 0. The number of nitrogens with zero attached hydrogens (tertiary/aromatic N) is 1. The van der Waals surface area contributed by atoms with Crippen molar-refractivity contribution in [3.8, 4) is 0 Å². The molecule has 0 spiro atoms. The predicted molar refractivity (Wildman–Crippen MR) is 32.3 cm³/mol. The van der Waals surface area contributed by atoms with Crippen molar-refractivity contribution in [1.82, 2.24) is 4.98 Å². The Hall–Kier alpha value is -0.900. The minimum Gasteiger partial charge on any atom is -0.481 e. The maximum Gasteiger partial charge on any atom is 0.310 e. The molecule has 0 aliphatic carbocycles. The van der Waals surface area contributed by atoms with Crippen molar-refractivity contribution in [2.75, 3.05) is 0 Å². The van der Waals surface area contributed by atoms with Gasteiger partial charge in [0.25, 0.3) is 0 Å². The Morgan fingerprint density at radius 2 is 2.78 bits per heavy atom. The van der Waals surface area contributed by atoms with Gasteiger partial charge in [-0.05, 0) is 0 Å².